The van der Waals surface area contributed by atoms with Crippen LogP contribution in [0.25, 0.3) is 0 Å². The monoisotopic (exact) mass is 508 g/mol. The van der Waals surface area contributed by atoms with Gasteiger partial charge < -0.3 is 15.0 Å². The van der Waals surface area contributed by atoms with Crippen LogP contribution in [0.2, 0.25) is 0 Å². The average Bonchev–Trinajstić information content (AvgIpc) is 2.82. The summed E-state index contributed by atoms with van der Waals surface area (Å²) in [7, 11) is 0. The highest BCUT2D eigenvalue weighted by Crippen LogP contribution is 2.19. The van der Waals surface area contributed by atoms with Gasteiger partial charge in [0.1, 0.15) is 11.8 Å². The molecule has 172 valence electrons. The Bertz CT molecular complexity index is 1050. The minimum absolute atomic E-state index is 0.147. The number of carbonyl (C=O) groups is 2. The number of ether oxygens (including phenoxy) is 1. The Balaban J connectivity index is 1.89. The summed E-state index contributed by atoms with van der Waals surface area (Å²) in [6, 6.07) is 24.4. The van der Waals surface area contributed by atoms with Crippen molar-refractivity contribution >= 4 is 27.7 Å². The molecule has 1 atom stereocenters. The molecule has 0 saturated heterocycles. The number of rotatable bonds is 10. The van der Waals surface area contributed by atoms with E-state index in [4.69, 9.17) is 4.74 Å². The molecule has 0 aromatic heterocycles. The summed E-state index contributed by atoms with van der Waals surface area (Å²) >= 11 is 3.45. The first-order valence-corrected chi connectivity index (χ1v) is 11.8. The van der Waals surface area contributed by atoms with Gasteiger partial charge in [0, 0.05) is 24.0 Å². The summed E-state index contributed by atoms with van der Waals surface area (Å²) < 4.78 is 6.80. The van der Waals surface area contributed by atoms with Gasteiger partial charge in [0.25, 0.3) is 5.91 Å². The molecule has 6 heteroatoms. The molecular weight excluding hydrogens is 480 g/mol. The smallest absolute Gasteiger partial charge is 0.261 e. The van der Waals surface area contributed by atoms with E-state index in [9.17, 15) is 9.59 Å². The number of carbonyl (C=O) groups excluding carboxylic acids is 2. The van der Waals surface area contributed by atoms with Crippen LogP contribution in [0.5, 0.6) is 5.75 Å². The van der Waals surface area contributed by atoms with Gasteiger partial charge in [-0.15, -0.1) is 0 Å². The van der Waals surface area contributed by atoms with E-state index in [1.807, 2.05) is 92.7 Å². The molecule has 0 radical (unpaired) electrons. The zero-order chi connectivity index (χ0) is 23.6. The lowest BCUT2D eigenvalue weighted by atomic mass is 10.0. The maximum absolute atomic E-state index is 13.5. The quantitative estimate of drug-likeness (QED) is 0.423. The Morgan fingerprint density at radius 1 is 0.939 bits per heavy atom. The molecular formula is C27H29BrN2O3. The molecule has 1 N–H and O–H groups in total. The lowest BCUT2D eigenvalue weighted by molar-refractivity contribution is -0.142. The van der Waals surface area contributed by atoms with Crippen LogP contribution in [0.15, 0.2) is 83.3 Å². The van der Waals surface area contributed by atoms with Crippen LogP contribution in [0, 0.1) is 6.92 Å². The highest BCUT2D eigenvalue weighted by atomic mass is 79.9. The van der Waals surface area contributed by atoms with E-state index < -0.39 is 6.04 Å². The van der Waals surface area contributed by atoms with Crippen molar-refractivity contribution in [1.82, 2.24) is 10.2 Å². The van der Waals surface area contributed by atoms with E-state index >= 15 is 0 Å². The van der Waals surface area contributed by atoms with E-state index in [1.54, 1.807) is 4.90 Å². The third-order valence-electron chi connectivity index (χ3n) is 5.33. The highest BCUT2D eigenvalue weighted by molar-refractivity contribution is 9.10. The minimum atomic E-state index is -0.663. The molecule has 0 spiro atoms. The van der Waals surface area contributed by atoms with Crippen molar-refractivity contribution in [1.29, 1.82) is 0 Å². The van der Waals surface area contributed by atoms with E-state index in [0.717, 1.165) is 21.2 Å². The molecule has 0 aliphatic heterocycles. The van der Waals surface area contributed by atoms with E-state index in [0.29, 0.717) is 25.3 Å². The molecule has 0 saturated carbocycles. The molecule has 33 heavy (non-hydrogen) atoms. The summed E-state index contributed by atoms with van der Waals surface area (Å²) in [4.78, 5) is 28.2. The molecule has 0 bridgehead atoms. The van der Waals surface area contributed by atoms with Gasteiger partial charge in [-0.25, -0.2) is 0 Å². The molecule has 0 aliphatic rings. The van der Waals surface area contributed by atoms with Crippen LogP contribution in [0.1, 0.15) is 23.6 Å². The number of nitrogens with one attached hydrogen (secondary N) is 1. The maximum Gasteiger partial charge on any atom is 0.261 e. The second-order valence-corrected chi connectivity index (χ2v) is 8.72. The number of nitrogens with zero attached hydrogens (tertiary/aromatic N) is 1. The largest absolute Gasteiger partial charge is 0.484 e. The van der Waals surface area contributed by atoms with Gasteiger partial charge in [-0.2, -0.15) is 0 Å². The van der Waals surface area contributed by atoms with Gasteiger partial charge in [-0.3, -0.25) is 9.59 Å². The molecule has 0 unspecified atom stereocenters. The lowest BCUT2D eigenvalue weighted by Crippen LogP contribution is -2.51. The fourth-order valence-electron chi connectivity index (χ4n) is 3.57. The van der Waals surface area contributed by atoms with Gasteiger partial charge in [0.2, 0.25) is 5.91 Å². The van der Waals surface area contributed by atoms with E-state index in [1.165, 1.54) is 0 Å². The average molecular weight is 509 g/mol. The first-order valence-electron chi connectivity index (χ1n) is 11.0. The number of hydrogen-bond acceptors (Lipinski definition) is 3. The second kappa shape index (κ2) is 12.2. The van der Waals surface area contributed by atoms with Gasteiger partial charge >= 0.3 is 0 Å². The van der Waals surface area contributed by atoms with Crippen LogP contribution in [-0.2, 0) is 22.6 Å². The highest BCUT2D eigenvalue weighted by Gasteiger charge is 2.30. The third-order valence-corrected chi connectivity index (χ3v) is 5.86. The van der Waals surface area contributed by atoms with Crippen molar-refractivity contribution in [3.05, 3.63) is 100 Å². The zero-order valence-corrected chi connectivity index (χ0v) is 20.5. The number of amides is 2. The van der Waals surface area contributed by atoms with Crippen molar-refractivity contribution in [2.75, 3.05) is 13.2 Å². The van der Waals surface area contributed by atoms with Gasteiger partial charge in [0.15, 0.2) is 6.61 Å². The van der Waals surface area contributed by atoms with Crippen molar-refractivity contribution in [2.45, 2.75) is 32.9 Å². The predicted molar refractivity (Wildman–Crippen MR) is 134 cm³/mol. The fourth-order valence-corrected chi connectivity index (χ4v) is 3.84. The SMILES string of the molecule is CCNC(=O)[C@H](Cc1ccccc1)N(Cc1ccc(Br)cc1)C(=O)COc1ccccc1C. The van der Waals surface area contributed by atoms with Crippen LogP contribution >= 0.6 is 15.9 Å². The minimum Gasteiger partial charge on any atom is -0.484 e. The Morgan fingerprint density at radius 3 is 2.27 bits per heavy atom. The number of para-hydroxylation sites is 1. The first-order chi connectivity index (χ1) is 16.0. The topological polar surface area (TPSA) is 58.6 Å². The number of benzene rings is 3. The Hall–Kier alpha value is -3.12. The predicted octanol–water partition coefficient (Wildman–Crippen LogP) is 4.91. The molecule has 3 rings (SSSR count). The van der Waals surface area contributed by atoms with E-state index in [2.05, 4.69) is 21.2 Å². The molecule has 3 aromatic carbocycles. The number of likely N-dealkylation sites (N-methyl/N-ethyl adjacent to an activating group) is 1. The number of hydrogen-bond donors (Lipinski definition) is 1. The third kappa shape index (κ3) is 7.19. The summed E-state index contributed by atoms with van der Waals surface area (Å²) in [6.07, 6.45) is 0.416. The maximum atomic E-state index is 13.5. The van der Waals surface area contributed by atoms with Crippen LogP contribution < -0.4 is 10.1 Å². The summed E-state index contributed by atoms with van der Waals surface area (Å²) in [5.74, 6) is 0.239. The molecule has 0 heterocycles. The van der Waals surface area contributed by atoms with Crippen LogP contribution in [0.3, 0.4) is 0 Å². The fraction of sp³-hybridized carbons (Fsp3) is 0.259. The lowest BCUT2D eigenvalue weighted by Gasteiger charge is -2.31. The summed E-state index contributed by atoms with van der Waals surface area (Å²) in [5, 5.41) is 2.90. The Morgan fingerprint density at radius 2 is 1.61 bits per heavy atom. The second-order valence-electron chi connectivity index (χ2n) is 7.80. The Kier molecular flexibility index (Phi) is 9.07. The number of aryl methyl sites for hydroxylation is 1. The summed E-state index contributed by atoms with van der Waals surface area (Å²) in [6.45, 7) is 4.46. The molecule has 0 aliphatic carbocycles. The molecule has 5 nitrogen and oxygen atoms in total. The number of halogens is 1. The molecule has 3 aromatic rings. The molecule has 2 amide bonds. The van der Waals surface area contributed by atoms with Gasteiger partial charge in [-0.1, -0.05) is 76.6 Å². The van der Waals surface area contributed by atoms with Gasteiger partial charge in [-0.05, 0) is 48.7 Å². The summed E-state index contributed by atoms with van der Waals surface area (Å²) in [5.41, 5.74) is 2.88. The zero-order valence-electron chi connectivity index (χ0n) is 19.0. The van der Waals surface area contributed by atoms with Crippen molar-refractivity contribution in [3.8, 4) is 5.75 Å². The molecule has 0 fully saturated rings. The standard InChI is InChI=1S/C27H29BrN2O3/c1-3-29-27(32)24(17-21-10-5-4-6-11-21)30(18-22-13-15-23(28)16-14-22)26(31)19-33-25-12-8-7-9-20(25)2/h4-16,24H,3,17-19H2,1-2H3,(H,29,32)/t24-/m0/s1. The first kappa shape index (κ1) is 24.5. The van der Waals surface area contributed by atoms with Crippen molar-refractivity contribution in [2.24, 2.45) is 0 Å². The van der Waals surface area contributed by atoms with Crippen LogP contribution in [0.4, 0.5) is 0 Å². The van der Waals surface area contributed by atoms with Crippen LogP contribution in [-0.4, -0.2) is 35.9 Å². The van der Waals surface area contributed by atoms with Crippen molar-refractivity contribution in [3.63, 3.8) is 0 Å². The van der Waals surface area contributed by atoms with Crippen molar-refractivity contribution < 1.29 is 14.3 Å². The van der Waals surface area contributed by atoms with E-state index in [-0.39, 0.29) is 18.4 Å². The normalized spacial score (nSPS) is 11.5. The van der Waals surface area contributed by atoms with Gasteiger partial charge in [0.05, 0.1) is 0 Å². The Labute approximate surface area is 203 Å².